The lowest BCUT2D eigenvalue weighted by Crippen LogP contribution is -1.80. The van der Waals surface area contributed by atoms with Gasteiger partial charge in [0.25, 0.3) is 0 Å². The van der Waals surface area contributed by atoms with Gasteiger partial charge in [-0.1, -0.05) is 13.8 Å². The van der Waals surface area contributed by atoms with Gasteiger partial charge in [0.2, 0.25) is 0 Å². The van der Waals surface area contributed by atoms with E-state index < -0.39 is 0 Å². The van der Waals surface area contributed by atoms with E-state index in [4.69, 9.17) is 4.74 Å². The fourth-order valence-electron chi connectivity index (χ4n) is 1.32. The first-order valence-electron chi connectivity index (χ1n) is 4.92. The van der Waals surface area contributed by atoms with Crippen LogP contribution in [0.15, 0.2) is 12.3 Å². The van der Waals surface area contributed by atoms with E-state index in [9.17, 15) is 0 Å². The van der Waals surface area contributed by atoms with Crippen LogP contribution in [0.2, 0.25) is 0 Å². The summed E-state index contributed by atoms with van der Waals surface area (Å²) in [6.45, 7) is 4.25. The zero-order valence-electron chi connectivity index (χ0n) is 8.71. The Labute approximate surface area is 81.2 Å². The number of hydrogen-bond donors (Lipinski definition) is 0. The highest BCUT2D eigenvalue weighted by Crippen LogP contribution is 2.41. The van der Waals surface area contributed by atoms with Crippen LogP contribution >= 0.6 is 0 Å². The van der Waals surface area contributed by atoms with Gasteiger partial charge in [-0.15, -0.1) is 11.8 Å². The molecule has 0 N–H and O–H groups in total. The highest BCUT2D eigenvalue weighted by Gasteiger charge is 2.33. The van der Waals surface area contributed by atoms with Crippen molar-refractivity contribution in [2.24, 2.45) is 17.8 Å². The smallest absolute Gasteiger partial charge is 0.0787 e. The Hall–Kier alpha value is -0.900. The summed E-state index contributed by atoms with van der Waals surface area (Å²) in [6, 6.07) is 0. The molecule has 0 saturated heterocycles. The third kappa shape index (κ3) is 4.03. The molecule has 0 heterocycles. The molecule has 1 heteroatoms. The average molecular weight is 178 g/mol. The lowest BCUT2D eigenvalue weighted by molar-refractivity contribution is 0.335. The predicted molar refractivity (Wildman–Crippen MR) is 55.0 cm³/mol. The molecule has 0 radical (unpaired) electrons. The van der Waals surface area contributed by atoms with Crippen LogP contribution in [-0.4, -0.2) is 7.11 Å². The van der Waals surface area contributed by atoms with Gasteiger partial charge in [0, 0.05) is 12.3 Å². The Bertz CT molecular complexity index is 229. The summed E-state index contributed by atoms with van der Waals surface area (Å²) in [7, 11) is 1.69. The van der Waals surface area contributed by atoms with Gasteiger partial charge >= 0.3 is 0 Å². The summed E-state index contributed by atoms with van der Waals surface area (Å²) in [5, 5.41) is 0. The molecule has 0 unspecified atom stereocenters. The van der Waals surface area contributed by atoms with E-state index in [1.54, 1.807) is 13.4 Å². The van der Waals surface area contributed by atoms with Gasteiger partial charge in [0.05, 0.1) is 13.4 Å². The fraction of sp³-hybridized carbons (Fsp3) is 0.667. The monoisotopic (exact) mass is 178 g/mol. The average Bonchev–Trinajstić information content (AvgIpc) is 2.80. The second kappa shape index (κ2) is 4.97. The van der Waals surface area contributed by atoms with Crippen LogP contribution < -0.4 is 0 Å². The molecule has 0 bridgehead atoms. The normalized spacial score (nSPS) is 25.8. The molecule has 0 aliphatic heterocycles. The fourth-order valence-corrected chi connectivity index (χ4v) is 1.32. The third-order valence-corrected chi connectivity index (χ3v) is 2.19. The van der Waals surface area contributed by atoms with Crippen molar-refractivity contribution in [3.05, 3.63) is 12.3 Å². The van der Waals surface area contributed by atoms with Crippen LogP contribution in [0, 0.1) is 29.6 Å². The first-order valence-corrected chi connectivity index (χ1v) is 4.92. The standard InChI is InChI=1S/C12H18O/c1-10(2)5-4-6-11-9-12(11)7-8-13-3/h7-8,10-12H,6,9H2,1-3H3/b8-7+/t11-,12+/m0/s1. The maximum Gasteiger partial charge on any atom is 0.0787 e. The molecule has 1 aliphatic carbocycles. The van der Waals surface area contributed by atoms with Crippen LogP contribution in [0.1, 0.15) is 26.7 Å². The molecule has 13 heavy (non-hydrogen) atoms. The van der Waals surface area contributed by atoms with Crippen LogP contribution in [0.5, 0.6) is 0 Å². The second-order valence-corrected chi connectivity index (χ2v) is 3.90. The van der Waals surface area contributed by atoms with Crippen LogP contribution in [0.4, 0.5) is 0 Å². The largest absolute Gasteiger partial charge is 0.505 e. The molecule has 0 spiro atoms. The molecule has 0 aromatic heterocycles. The lowest BCUT2D eigenvalue weighted by Gasteiger charge is -1.89. The molecule has 0 aromatic rings. The Morgan fingerprint density at radius 3 is 2.92 bits per heavy atom. The highest BCUT2D eigenvalue weighted by molar-refractivity contribution is 5.09. The van der Waals surface area contributed by atoms with E-state index in [0.717, 1.165) is 18.3 Å². The number of methoxy groups -OCH3 is 1. The van der Waals surface area contributed by atoms with Gasteiger partial charge in [-0.2, -0.15) is 0 Å². The summed E-state index contributed by atoms with van der Waals surface area (Å²) in [6.07, 6.45) is 6.26. The van der Waals surface area contributed by atoms with E-state index in [1.807, 2.05) is 0 Å². The number of hydrogen-bond acceptors (Lipinski definition) is 1. The van der Waals surface area contributed by atoms with Crippen molar-refractivity contribution in [1.82, 2.24) is 0 Å². The van der Waals surface area contributed by atoms with Gasteiger partial charge < -0.3 is 4.74 Å². The van der Waals surface area contributed by atoms with Crippen molar-refractivity contribution in [1.29, 1.82) is 0 Å². The molecule has 1 nitrogen and oxygen atoms in total. The number of ether oxygens (including phenoxy) is 1. The molecule has 1 aliphatic rings. The van der Waals surface area contributed by atoms with Crippen LogP contribution in [0.3, 0.4) is 0 Å². The van der Waals surface area contributed by atoms with Crippen LogP contribution in [-0.2, 0) is 4.74 Å². The van der Waals surface area contributed by atoms with E-state index in [2.05, 4.69) is 31.8 Å². The topological polar surface area (TPSA) is 9.23 Å². The SMILES string of the molecule is CO/C=C/[C@@H]1C[C@@H]1CC#CC(C)C. The first kappa shape index (κ1) is 10.2. The lowest BCUT2D eigenvalue weighted by atomic mass is 10.2. The third-order valence-electron chi connectivity index (χ3n) is 2.19. The van der Waals surface area contributed by atoms with Gasteiger partial charge in [0.1, 0.15) is 0 Å². The Morgan fingerprint density at radius 2 is 2.31 bits per heavy atom. The quantitative estimate of drug-likeness (QED) is 0.477. The molecular weight excluding hydrogens is 160 g/mol. The van der Waals surface area contributed by atoms with Crippen molar-refractivity contribution >= 4 is 0 Å². The van der Waals surface area contributed by atoms with Gasteiger partial charge in [-0.3, -0.25) is 0 Å². The Balaban J connectivity index is 2.15. The van der Waals surface area contributed by atoms with E-state index in [1.165, 1.54) is 6.42 Å². The van der Waals surface area contributed by atoms with Crippen molar-refractivity contribution in [3.8, 4) is 11.8 Å². The number of rotatable bonds is 3. The molecule has 2 atom stereocenters. The maximum absolute atomic E-state index is 4.87. The van der Waals surface area contributed by atoms with E-state index >= 15 is 0 Å². The zero-order valence-corrected chi connectivity index (χ0v) is 8.71. The zero-order chi connectivity index (χ0) is 9.68. The van der Waals surface area contributed by atoms with Gasteiger partial charge in [0.15, 0.2) is 0 Å². The minimum atomic E-state index is 0.506. The molecular formula is C12H18O. The van der Waals surface area contributed by atoms with Crippen LogP contribution in [0.25, 0.3) is 0 Å². The van der Waals surface area contributed by atoms with Crippen molar-refractivity contribution in [2.75, 3.05) is 7.11 Å². The van der Waals surface area contributed by atoms with Crippen molar-refractivity contribution in [3.63, 3.8) is 0 Å². The summed E-state index contributed by atoms with van der Waals surface area (Å²) >= 11 is 0. The second-order valence-electron chi connectivity index (χ2n) is 3.90. The first-order chi connectivity index (χ1) is 6.24. The van der Waals surface area contributed by atoms with Gasteiger partial charge in [-0.25, -0.2) is 0 Å². The summed E-state index contributed by atoms with van der Waals surface area (Å²) in [4.78, 5) is 0. The minimum Gasteiger partial charge on any atom is -0.505 e. The highest BCUT2D eigenvalue weighted by atomic mass is 16.5. The predicted octanol–water partition coefficient (Wildman–Crippen LogP) is 2.83. The molecule has 1 rings (SSSR count). The van der Waals surface area contributed by atoms with Gasteiger partial charge in [-0.05, 0) is 24.3 Å². The minimum absolute atomic E-state index is 0.506. The summed E-state index contributed by atoms with van der Waals surface area (Å²) in [5.74, 6) is 8.44. The molecule has 1 fully saturated rings. The summed E-state index contributed by atoms with van der Waals surface area (Å²) < 4.78 is 4.87. The van der Waals surface area contributed by atoms with E-state index in [0.29, 0.717) is 5.92 Å². The molecule has 0 aromatic carbocycles. The van der Waals surface area contributed by atoms with Crippen molar-refractivity contribution in [2.45, 2.75) is 26.7 Å². The Morgan fingerprint density at radius 1 is 1.54 bits per heavy atom. The van der Waals surface area contributed by atoms with Crippen molar-refractivity contribution < 1.29 is 4.74 Å². The summed E-state index contributed by atoms with van der Waals surface area (Å²) in [5.41, 5.74) is 0. The number of allylic oxidation sites excluding steroid dienone is 1. The Kier molecular flexibility index (Phi) is 3.89. The molecule has 1 saturated carbocycles. The molecule has 0 amide bonds. The molecule has 72 valence electrons. The van der Waals surface area contributed by atoms with E-state index in [-0.39, 0.29) is 0 Å². The maximum atomic E-state index is 4.87.